The van der Waals surface area contributed by atoms with Gasteiger partial charge in [0.2, 0.25) is 17.0 Å². The van der Waals surface area contributed by atoms with Crippen molar-refractivity contribution in [2.45, 2.75) is 16.5 Å². The summed E-state index contributed by atoms with van der Waals surface area (Å²) in [6.07, 6.45) is 0.937. The van der Waals surface area contributed by atoms with E-state index >= 15 is 0 Å². The first-order valence-corrected chi connectivity index (χ1v) is 8.99. The minimum Gasteiger partial charge on any atom is -0.368 e. The lowest BCUT2D eigenvalue weighted by Crippen LogP contribution is -2.05. The van der Waals surface area contributed by atoms with Crippen molar-refractivity contribution >= 4 is 40.1 Å². The lowest BCUT2D eigenvalue weighted by molar-refractivity contribution is 0.966. The number of hydrogen-bond acceptors (Lipinski definition) is 10. The van der Waals surface area contributed by atoms with Crippen molar-refractivity contribution in [3.8, 4) is 0 Å². The summed E-state index contributed by atoms with van der Waals surface area (Å²) in [5, 5.41) is 12.3. The van der Waals surface area contributed by atoms with E-state index in [0.29, 0.717) is 11.6 Å². The fraction of sp³-hybridized carbons (Fsp3) is 0.214. The Balaban J connectivity index is 1.48. The minimum atomic E-state index is 0.124. The van der Waals surface area contributed by atoms with E-state index in [1.807, 2.05) is 18.2 Å². The normalized spacial score (nSPS) is 10.7. The van der Waals surface area contributed by atoms with Gasteiger partial charge in [-0.05, 0) is 12.0 Å². The summed E-state index contributed by atoms with van der Waals surface area (Å²) in [4.78, 5) is 11.8. The van der Waals surface area contributed by atoms with Crippen LogP contribution in [-0.4, -0.2) is 31.7 Å². The molecule has 124 valence electrons. The zero-order valence-electron chi connectivity index (χ0n) is 12.7. The van der Waals surface area contributed by atoms with Crippen LogP contribution >= 0.6 is 23.1 Å². The van der Waals surface area contributed by atoms with Crippen LogP contribution in [0.2, 0.25) is 0 Å². The average molecular weight is 360 g/mol. The summed E-state index contributed by atoms with van der Waals surface area (Å²) in [5.41, 5.74) is 12.4. The quantitative estimate of drug-likeness (QED) is 0.540. The summed E-state index contributed by atoms with van der Waals surface area (Å²) in [6, 6.07) is 10.3. The molecule has 2 heterocycles. The number of rotatable bonds is 7. The zero-order valence-corrected chi connectivity index (χ0v) is 14.3. The van der Waals surface area contributed by atoms with Crippen molar-refractivity contribution in [3.05, 3.63) is 41.7 Å². The van der Waals surface area contributed by atoms with Gasteiger partial charge in [-0.1, -0.05) is 53.4 Å². The van der Waals surface area contributed by atoms with E-state index < -0.39 is 0 Å². The predicted molar refractivity (Wildman–Crippen MR) is 96.8 cm³/mol. The first-order valence-electron chi connectivity index (χ1n) is 7.19. The summed E-state index contributed by atoms with van der Waals surface area (Å²) in [5.74, 6) is 1.28. The monoisotopic (exact) mass is 360 g/mol. The summed E-state index contributed by atoms with van der Waals surface area (Å²) >= 11 is 2.97. The maximum Gasteiger partial charge on any atom is 0.225 e. The van der Waals surface area contributed by atoms with Crippen LogP contribution in [0.4, 0.5) is 17.0 Å². The molecule has 0 saturated heterocycles. The van der Waals surface area contributed by atoms with Crippen molar-refractivity contribution in [1.29, 1.82) is 0 Å². The molecule has 0 spiro atoms. The number of nitrogen functional groups attached to an aromatic ring is 2. The summed E-state index contributed by atoms with van der Waals surface area (Å²) < 4.78 is 0.828. The smallest absolute Gasteiger partial charge is 0.225 e. The van der Waals surface area contributed by atoms with Crippen molar-refractivity contribution in [2.24, 2.45) is 0 Å². The molecule has 0 aliphatic heterocycles. The van der Waals surface area contributed by atoms with E-state index in [1.54, 1.807) is 0 Å². The number of nitrogens with zero attached hydrogens (tertiary/aromatic N) is 5. The number of nitrogens with two attached hydrogens (primary N) is 2. The number of anilines is 3. The summed E-state index contributed by atoms with van der Waals surface area (Å²) in [7, 11) is 0. The summed E-state index contributed by atoms with van der Waals surface area (Å²) in [6.45, 7) is 0.809. The number of benzene rings is 1. The Morgan fingerprint density at radius 2 is 1.75 bits per heavy atom. The molecular formula is C14H16N8S2. The van der Waals surface area contributed by atoms with Gasteiger partial charge in [-0.25, -0.2) is 0 Å². The van der Waals surface area contributed by atoms with Crippen LogP contribution in [0.5, 0.6) is 0 Å². The first-order chi connectivity index (χ1) is 11.7. The molecule has 0 atom stereocenters. The Morgan fingerprint density at radius 3 is 2.50 bits per heavy atom. The van der Waals surface area contributed by atoms with Crippen LogP contribution in [0, 0.1) is 0 Å². The number of aromatic nitrogens is 5. The first kappa shape index (κ1) is 16.4. The van der Waals surface area contributed by atoms with E-state index in [4.69, 9.17) is 11.5 Å². The molecule has 0 amide bonds. The Bertz CT molecular complexity index is 772. The third-order valence-corrected chi connectivity index (χ3v) is 4.99. The average Bonchev–Trinajstić information content (AvgIpc) is 3.01. The topological polar surface area (TPSA) is 129 Å². The second-order valence-corrected chi connectivity index (χ2v) is 6.99. The van der Waals surface area contributed by atoms with Gasteiger partial charge in [0.15, 0.2) is 4.34 Å². The molecule has 3 rings (SSSR count). The molecule has 0 radical (unpaired) electrons. The van der Waals surface area contributed by atoms with Gasteiger partial charge in [-0.3, -0.25) is 0 Å². The molecule has 0 unspecified atom stereocenters. The second-order valence-electron chi connectivity index (χ2n) is 4.79. The van der Waals surface area contributed by atoms with E-state index in [0.717, 1.165) is 22.4 Å². The Labute approximate surface area is 147 Å². The highest BCUT2D eigenvalue weighted by Gasteiger charge is 2.08. The van der Waals surface area contributed by atoms with Crippen LogP contribution < -0.4 is 16.8 Å². The lowest BCUT2D eigenvalue weighted by Gasteiger charge is -2.01. The zero-order chi connectivity index (χ0) is 16.8. The van der Waals surface area contributed by atoms with E-state index in [2.05, 4.69) is 42.6 Å². The standard InChI is InChI=1S/C14H16N8S2/c15-11-18-10(19-12(16)20-11)8-23-14-22-21-13(24-14)17-7-6-9-4-2-1-3-5-9/h1-5H,6-8H2,(H,17,21)(H4,15,16,18,19,20). The molecule has 8 nitrogen and oxygen atoms in total. The molecule has 10 heteroatoms. The Hall–Kier alpha value is -2.46. The van der Waals surface area contributed by atoms with Gasteiger partial charge in [0.05, 0.1) is 5.75 Å². The van der Waals surface area contributed by atoms with Gasteiger partial charge in [0, 0.05) is 6.54 Å². The molecule has 5 N–H and O–H groups in total. The van der Waals surface area contributed by atoms with E-state index in [-0.39, 0.29) is 11.9 Å². The SMILES string of the molecule is Nc1nc(N)nc(CSc2nnc(NCCc3ccccc3)s2)n1. The van der Waals surface area contributed by atoms with Gasteiger partial charge in [0.1, 0.15) is 5.82 Å². The van der Waals surface area contributed by atoms with Gasteiger partial charge in [-0.2, -0.15) is 15.0 Å². The maximum atomic E-state index is 5.55. The van der Waals surface area contributed by atoms with Crippen LogP contribution in [0.1, 0.15) is 11.4 Å². The van der Waals surface area contributed by atoms with Crippen LogP contribution in [0.15, 0.2) is 34.7 Å². The van der Waals surface area contributed by atoms with E-state index in [1.165, 1.54) is 28.7 Å². The molecule has 0 fully saturated rings. The molecule has 2 aromatic heterocycles. The fourth-order valence-corrected chi connectivity index (χ4v) is 3.58. The highest BCUT2D eigenvalue weighted by atomic mass is 32.2. The number of nitrogens with one attached hydrogen (secondary N) is 1. The second kappa shape index (κ2) is 7.88. The predicted octanol–water partition coefficient (Wildman–Crippen LogP) is 1.83. The van der Waals surface area contributed by atoms with Gasteiger partial charge < -0.3 is 16.8 Å². The highest BCUT2D eigenvalue weighted by molar-refractivity contribution is 8.00. The van der Waals surface area contributed by atoms with Crippen molar-refractivity contribution in [3.63, 3.8) is 0 Å². The van der Waals surface area contributed by atoms with Crippen molar-refractivity contribution in [1.82, 2.24) is 25.1 Å². The van der Waals surface area contributed by atoms with Crippen molar-refractivity contribution in [2.75, 3.05) is 23.3 Å². The molecule has 1 aromatic carbocycles. The Morgan fingerprint density at radius 1 is 1.00 bits per heavy atom. The lowest BCUT2D eigenvalue weighted by atomic mass is 10.2. The highest BCUT2D eigenvalue weighted by Crippen LogP contribution is 2.27. The molecule has 3 aromatic rings. The van der Waals surface area contributed by atoms with Gasteiger partial charge in [-0.15, -0.1) is 10.2 Å². The molecule has 0 aliphatic rings. The molecule has 24 heavy (non-hydrogen) atoms. The van der Waals surface area contributed by atoms with Crippen LogP contribution in [-0.2, 0) is 12.2 Å². The third kappa shape index (κ3) is 4.77. The fourth-order valence-electron chi connectivity index (χ4n) is 1.95. The van der Waals surface area contributed by atoms with Gasteiger partial charge >= 0.3 is 0 Å². The molecular weight excluding hydrogens is 344 g/mol. The molecule has 0 aliphatic carbocycles. The van der Waals surface area contributed by atoms with Gasteiger partial charge in [0.25, 0.3) is 0 Å². The molecule has 0 saturated carbocycles. The number of hydrogen-bond donors (Lipinski definition) is 3. The minimum absolute atomic E-state index is 0.124. The third-order valence-electron chi connectivity index (χ3n) is 2.98. The Kier molecular flexibility index (Phi) is 5.39. The van der Waals surface area contributed by atoms with Crippen molar-refractivity contribution < 1.29 is 0 Å². The number of thioether (sulfide) groups is 1. The van der Waals surface area contributed by atoms with E-state index in [9.17, 15) is 0 Å². The maximum absolute atomic E-state index is 5.55. The van der Waals surface area contributed by atoms with Crippen LogP contribution in [0.25, 0.3) is 0 Å². The molecule has 0 bridgehead atoms. The largest absolute Gasteiger partial charge is 0.368 e. The van der Waals surface area contributed by atoms with Crippen LogP contribution in [0.3, 0.4) is 0 Å².